The van der Waals surface area contributed by atoms with Gasteiger partial charge in [-0.1, -0.05) is 12.1 Å². The number of H-pyrrole nitrogens is 1. The molecule has 0 unspecified atom stereocenters. The molecule has 0 aliphatic rings. The molecule has 2 aromatic heterocycles. The minimum absolute atomic E-state index is 0.0260. The van der Waals surface area contributed by atoms with Crippen molar-refractivity contribution >= 4 is 33.7 Å². The van der Waals surface area contributed by atoms with Gasteiger partial charge >= 0.3 is 0 Å². The molecule has 6 heteroatoms. The topological polar surface area (TPSA) is 76.0 Å². The standard InChI is InChI=1S/C13H8N2O3S/c16-13(8-4-5-19-7-8)10-6-14-12-9(10)2-1-3-11(12)15(17)18/h1-7,14H. The summed E-state index contributed by atoms with van der Waals surface area (Å²) in [7, 11) is 0. The van der Waals surface area contributed by atoms with Gasteiger partial charge in [0.25, 0.3) is 5.69 Å². The SMILES string of the molecule is O=C(c1ccsc1)c1c[nH]c2c([N+](=O)[O-])cccc12. The van der Waals surface area contributed by atoms with Crippen LogP contribution in [0.3, 0.4) is 0 Å². The van der Waals surface area contributed by atoms with Crippen LogP contribution in [-0.4, -0.2) is 15.7 Å². The molecule has 1 aromatic carbocycles. The van der Waals surface area contributed by atoms with Gasteiger partial charge < -0.3 is 4.98 Å². The summed E-state index contributed by atoms with van der Waals surface area (Å²) in [6.45, 7) is 0. The Morgan fingerprint density at radius 1 is 1.32 bits per heavy atom. The number of ketones is 1. The van der Waals surface area contributed by atoms with Crippen LogP contribution in [0, 0.1) is 10.1 Å². The van der Waals surface area contributed by atoms with Crippen molar-refractivity contribution in [2.45, 2.75) is 0 Å². The van der Waals surface area contributed by atoms with Gasteiger partial charge in [0, 0.05) is 34.2 Å². The second-order valence-electron chi connectivity index (χ2n) is 4.00. The number of fused-ring (bicyclic) bond motifs is 1. The van der Waals surface area contributed by atoms with Crippen molar-refractivity contribution < 1.29 is 9.72 Å². The average Bonchev–Trinajstić information content (AvgIpc) is 3.06. The van der Waals surface area contributed by atoms with E-state index >= 15 is 0 Å². The molecule has 0 spiro atoms. The van der Waals surface area contributed by atoms with Crippen LogP contribution in [0.4, 0.5) is 5.69 Å². The van der Waals surface area contributed by atoms with Gasteiger partial charge in [-0.25, -0.2) is 0 Å². The number of carbonyl (C=O) groups excluding carboxylic acids is 1. The number of carbonyl (C=O) groups is 1. The van der Waals surface area contributed by atoms with E-state index in [9.17, 15) is 14.9 Å². The Balaban J connectivity index is 2.19. The van der Waals surface area contributed by atoms with E-state index in [0.29, 0.717) is 22.0 Å². The van der Waals surface area contributed by atoms with E-state index in [0.717, 1.165) is 0 Å². The zero-order valence-corrected chi connectivity index (χ0v) is 10.4. The van der Waals surface area contributed by atoms with E-state index in [1.807, 2.05) is 5.38 Å². The molecule has 0 radical (unpaired) electrons. The minimum atomic E-state index is -0.461. The van der Waals surface area contributed by atoms with Crippen molar-refractivity contribution in [1.29, 1.82) is 0 Å². The second-order valence-corrected chi connectivity index (χ2v) is 4.78. The predicted molar refractivity (Wildman–Crippen MR) is 72.7 cm³/mol. The first-order chi connectivity index (χ1) is 9.18. The smallest absolute Gasteiger partial charge is 0.293 e. The summed E-state index contributed by atoms with van der Waals surface area (Å²) in [6, 6.07) is 6.44. The molecule has 3 rings (SSSR count). The number of hydrogen-bond donors (Lipinski definition) is 1. The molecule has 19 heavy (non-hydrogen) atoms. The van der Waals surface area contributed by atoms with Crippen LogP contribution in [0.25, 0.3) is 10.9 Å². The van der Waals surface area contributed by atoms with Gasteiger partial charge in [-0.05, 0) is 11.4 Å². The zero-order valence-electron chi connectivity index (χ0n) is 9.62. The maximum atomic E-state index is 12.3. The predicted octanol–water partition coefficient (Wildman–Crippen LogP) is 3.37. The molecular weight excluding hydrogens is 264 g/mol. The number of aromatic nitrogens is 1. The molecule has 0 aliphatic heterocycles. The van der Waals surface area contributed by atoms with E-state index in [4.69, 9.17) is 0 Å². The van der Waals surface area contributed by atoms with Gasteiger partial charge in [0.05, 0.1) is 4.92 Å². The number of para-hydroxylation sites is 1. The molecule has 5 nitrogen and oxygen atoms in total. The fourth-order valence-corrected chi connectivity index (χ4v) is 2.66. The first kappa shape index (κ1) is 11.6. The first-order valence-corrected chi connectivity index (χ1v) is 6.44. The van der Waals surface area contributed by atoms with E-state index in [-0.39, 0.29) is 11.5 Å². The maximum Gasteiger partial charge on any atom is 0.293 e. The molecule has 0 saturated carbocycles. The van der Waals surface area contributed by atoms with E-state index < -0.39 is 4.92 Å². The maximum absolute atomic E-state index is 12.3. The van der Waals surface area contributed by atoms with Crippen molar-refractivity contribution in [2.24, 2.45) is 0 Å². The van der Waals surface area contributed by atoms with Gasteiger partial charge in [0.1, 0.15) is 5.52 Å². The number of benzene rings is 1. The fourth-order valence-electron chi connectivity index (χ4n) is 2.03. The van der Waals surface area contributed by atoms with Gasteiger partial charge in [-0.15, -0.1) is 0 Å². The molecule has 94 valence electrons. The van der Waals surface area contributed by atoms with E-state index in [1.165, 1.54) is 23.6 Å². The highest BCUT2D eigenvalue weighted by molar-refractivity contribution is 7.08. The zero-order chi connectivity index (χ0) is 13.4. The van der Waals surface area contributed by atoms with E-state index in [2.05, 4.69) is 4.98 Å². The van der Waals surface area contributed by atoms with Gasteiger partial charge in [0.2, 0.25) is 0 Å². The van der Waals surface area contributed by atoms with Crippen molar-refractivity contribution in [1.82, 2.24) is 4.98 Å². The molecule has 0 bridgehead atoms. The number of nitrogens with one attached hydrogen (secondary N) is 1. The Labute approximate surface area is 111 Å². The Morgan fingerprint density at radius 2 is 2.16 bits per heavy atom. The summed E-state index contributed by atoms with van der Waals surface area (Å²) in [5, 5.41) is 15.1. The number of nitro groups is 1. The lowest BCUT2D eigenvalue weighted by molar-refractivity contribution is -0.383. The highest BCUT2D eigenvalue weighted by Gasteiger charge is 2.19. The largest absolute Gasteiger partial charge is 0.355 e. The minimum Gasteiger partial charge on any atom is -0.355 e. The van der Waals surface area contributed by atoms with Gasteiger partial charge in [0.15, 0.2) is 5.78 Å². The summed E-state index contributed by atoms with van der Waals surface area (Å²) in [4.78, 5) is 25.6. The van der Waals surface area contributed by atoms with Crippen LogP contribution in [0.5, 0.6) is 0 Å². The normalized spacial score (nSPS) is 10.7. The number of hydrogen-bond acceptors (Lipinski definition) is 4. The van der Waals surface area contributed by atoms with Gasteiger partial charge in [-0.3, -0.25) is 14.9 Å². The summed E-state index contributed by atoms with van der Waals surface area (Å²) in [5.41, 5.74) is 1.41. The number of non-ortho nitro benzene ring substituents is 1. The quantitative estimate of drug-likeness (QED) is 0.451. The number of nitrogens with zero attached hydrogens (tertiary/aromatic N) is 1. The molecule has 0 atom stereocenters. The molecule has 1 N–H and O–H groups in total. The summed E-state index contributed by atoms with van der Waals surface area (Å²) in [6.07, 6.45) is 1.53. The van der Waals surface area contributed by atoms with E-state index in [1.54, 1.807) is 23.6 Å². The Kier molecular flexibility index (Phi) is 2.64. The number of nitro benzene ring substituents is 1. The lowest BCUT2D eigenvalue weighted by atomic mass is 10.0. The average molecular weight is 272 g/mol. The lowest BCUT2D eigenvalue weighted by Gasteiger charge is -1.97. The van der Waals surface area contributed by atoms with Crippen molar-refractivity contribution in [2.75, 3.05) is 0 Å². The molecule has 2 heterocycles. The lowest BCUT2D eigenvalue weighted by Crippen LogP contribution is -1.98. The summed E-state index contributed by atoms with van der Waals surface area (Å²) in [5.74, 6) is -0.131. The fraction of sp³-hybridized carbons (Fsp3) is 0. The van der Waals surface area contributed by atoms with Crippen LogP contribution in [-0.2, 0) is 0 Å². The number of aromatic amines is 1. The third kappa shape index (κ3) is 1.82. The van der Waals surface area contributed by atoms with Crippen LogP contribution in [0.1, 0.15) is 15.9 Å². The Hall–Kier alpha value is -2.47. The van der Waals surface area contributed by atoms with Crippen LogP contribution < -0.4 is 0 Å². The Morgan fingerprint density at radius 3 is 2.84 bits per heavy atom. The second kappa shape index (κ2) is 4.33. The third-order valence-corrected chi connectivity index (χ3v) is 3.60. The molecule has 0 saturated heterocycles. The number of thiophene rings is 1. The van der Waals surface area contributed by atoms with Crippen LogP contribution in [0.2, 0.25) is 0 Å². The third-order valence-electron chi connectivity index (χ3n) is 2.92. The monoisotopic (exact) mass is 272 g/mol. The Bertz CT molecular complexity index is 774. The first-order valence-electron chi connectivity index (χ1n) is 5.50. The molecule has 3 aromatic rings. The summed E-state index contributed by atoms with van der Waals surface area (Å²) < 4.78 is 0. The molecule has 0 aliphatic carbocycles. The van der Waals surface area contributed by atoms with Crippen LogP contribution >= 0.6 is 11.3 Å². The number of rotatable bonds is 3. The van der Waals surface area contributed by atoms with Crippen molar-refractivity contribution in [3.63, 3.8) is 0 Å². The van der Waals surface area contributed by atoms with Crippen LogP contribution in [0.15, 0.2) is 41.2 Å². The van der Waals surface area contributed by atoms with Crippen molar-refractivity contribution in [3.05, 3.63) is 62.5 Å². The summed E-state index contributed by atoms with van der Waals surface area (Å²) >= 11 is 1.44. The molecular formula is C13H8N2O3S. The molecule has 0 amide bonds. The van der Waals surface area contributed by atoms with Gasteiger partial charge in [-0.2, -0.15) is 11.3 Å². The highest BCUT2D eigenvalue weighted by atomic mass is 32.1. The van der Waals surface area contributed by atoms with Crippen molar-refractivity contribution in [3.8, 4) is 0 Å². The highest BCUT2D eigenvalue weighted by Crippen LogP contribution is 2.28. The molecule has 0 fully saturated rings.